The fourth-order valence-corrected chi connectivity index (χ4v) is 1.48. The fourth-order valence-electron chi connectivity index (χ4n) is 1.16. The van der Waals surface area contributed by atoms with Gasteiger partial charge in [-0.15, -0.1) is 5.10 Å². The molecule has 0 fully saturated rings. The highest BCUT2D eigenvalue weighted by molar-refractivity contribution is 9.10. The summed E-state index contributed by atoms with van der Waals surface area (Å²) in [7, 11) is 0. The lowest BCUT2D eigenvalue weighted by Crippen LogP contribution is -2.03. The third-order valence-electron chi connectivity index (χ3n) is 1.77. The molecule has 2 aromatic rings. The highest BCUT2D eigenvalue weighted by Crippen LogP contribution is 2.16. The van der Waals surface area contributed by atoms with Gasteiger partial charge >= 0.3 is 0 Å². The third-order valence-corrected chi connectivity index (χ3v) is 2.20. The molecule has 68 valence electrons. The van der Waals surface area contributed by atoms with Gasteiger partial charge in [-0.2, -0.15) is 0 Å². The summed E-state index contributed by atoms with van der Waals surface area (Å²) in [5, 5.41) is 8.04. The molecule has 0 bridgehead atoms. The van der Waals surface area contributed by atoms with Crippen LogP contribution in [0.15, 0.2) is 16.7 Å². The van der Waals surface area contributed by atoms with Crippen molar-refractivity contribution < 1.29 is 0 Å². The largest absolute Gasteiger partial charge is 0.234 e. The lowest BCUT2D eigenvalue weighted by molar-refractivity contribution is 0.526. The number of rotatable bonds is 1. The Labute approximate surface area is 84.1 Å². The average Bonchev–Trinajstić information content (AvgIpc) is 2.46. The summed E-state index contributed by atoms with van der Waals surface area (Å²) in [6.07, 6.45) is 1.75. The first-order valence-corrected chi connectivity index (χ1v) is 4.84. The molecule has 0 spiro atoms. The molecule has 2 rings (SSSR count). The molecular weight excluding hydrogens is 232 g/mol. The van der Waals surface area contributed by atoms with Crippen molar-refractivity contribution in [3.05, 3.63) is 16.7 Å². The first-order valence-electron chi connectivity index (χ1n) is 4.05. The number of nitrogens with zero attached hydrogens (tertiary/aromatic N) is 4. The zero-order chi connectivity index (χ0) is 9.42. The van der Waals surface area contributed by atoms with E-state index in [1.54, 1.807) is 6.20 Å². The Morgan fingerprint density at radius 1 is 1.46 bits per heavy atom. The molecule has 0 atom stereocenters. The molecule has 0 N–H and O–H groups in total. The van der Waals surface area contributed by atoms with E-state index in [1.165, 1.54) is 0 Å². The second-order valence-electron chi connectivity index (χ2n) is 3.12. The second kappa shape index (κ2) is 3.06. The van der Waals surface area contributed by atoms with Crippen molar-refractivity contribution in [3.8, 4) is 0 Å². The summed E-state index contributed by atoms with van der Waals surface area (Å²) in [5.74, 6) is 0. The average molecular weight is 241 g/mol. The van der Waals surface area contributed by atoms with Crippen molar-refractivity contribution in [2.24, 2.45) is 0 Å². The molecule has 0 saturated heterocycles. The minimum Gasteiger partial charge on any atom is -0.234 e. The summed E-state index contributed by atoms with van der Waals surface area (Å²) >= 11 is 3.34. The molecule has 0 amide bonds. The maximum absolute atomic E-state index is 4.25. The highest BCUT2D eigenvalue weighted by atomic mass is 79.9. The molecular formula is C8H9BrN4. The Kier molecular flexibility index (Phi) is 2.03. The van der Waals surface area contributed by atoms with E-state index in [-0.39, 0.29) is 0 Å². The van der Waals surface area contributed by atoms with Crippen LogP contribution < -0.4 is 0 Å². The van der Waals surface area contributed by atoms with E-state index in [9.17, 15) is 0 Å². The van der Waals surface area contributed by atoms with Gasteiger partial charge in [-0.3, -0.25) is 0 Å². The van der Waals surface area contributed by atoms with E-state index in [2.05, 4.69) is 45.1 Å². The van der Waals surface area contributed by atoms with Gasteiger partial charge in [-0.1, -0.05) is 5.21 Å². The van der Waals surface area contributed by atoms with Gasteiger partial charge in [-0.25, -0.2) is 9.67 Å². The molecule has 0 unspecified atom stereocenters. The predicted molar refractivity (Wildman–Crippen MR) is 53.4 cm³/mol. The van der Waals surface area contributed by atoms with Crippen LogP contribution in [-0.2, 0) is 0 Å². The van der Waals surface area contributed by atoms with Crippen LogP contribution >= 0.6 is 15.9 Å². The van der Waals surface area contributed by atoms with Gasteiger partial charge in [0.05, 0.1) is 6.04 Å². The SMILES string of the molecule is CC(C)n1nnc2cc(Br)cnc21. The zero-order valence-electron chi connectivity index (χ0n) is 7.40. The maximum atomic E-state index is 4.25. The van der Waals surface area contributed by atoms with Gasteiger partial charge in [0.15, 0.2) is 5.65 Å². The Hall–Kier alpha value is -0.970. The molecule has 0 saturated carbocycles. The highest BCUT2D eigenvalue weighted by Gasteiger charge is 2.07. The first kappa shape index (κ1) is 8.62. The van der Waals surface area contributed by atoms with E-state index < -0.39 is 0 Å². The summed E-state index contributed by atoms with van der Waals surface area (Å²) in [4.78, 5) is 4.25. The van der Waals surface area contributed by atoms with Crippen LogP contribution in [0.2, 0.25) is 0 Å². The zero-order valence-corrected chi connectivity index (χ0v) is 8.98. The van der Waals surface area contributed by atoms with Crippen LogP contribution in [-0.4, -0.2) is 20.0 Å². The molecule has 13 heavy (non-hydrogen) atoms. The number of aromatic nitrogens is 4. The number of hydrogen-bond donors (Lipinski definition) is 0. The number of pyridine rings is 1. The molecule has 0 aliphatic rings. The molecule has 5 heteroatoms. The third kappa shape index (κ3) is 1.44. The Bertz CT molecular complexity index is 435. The molecule has 0 aliphatic carbocycles. The van der Waals surface area contributed by atoms with Gasteiger partial charge < -0.3 is 0 Å². The van der Waals surface area contributed by atoms with Crippen molar-refractivity contribution in [3.63, 3.8) is 0 Å². The van der Waals surface area contributed by atoms with Gasteiger partial charge in [0.25, 0.3) is 0 Å². The van der Waals surface area contributed by atoms with E-state index in [1.807, 2.05) is 10.7 Å². The fraction of sp³-hybridized carbons (Fsp3) is 0.375. The van der Waals surface area contributed by atoms with Crippen molar-refractivity contribution in [2.75, 3.05) is 0 Å². The van der Waals surface area contributed by atoms with Crippen LogP contribution in [0, 0.1) is 0 Å². The van der Waals surface area contributed by atoms with E-state index in [0.29, 0.717) is 6.04 Å². The topological polar surface area (TPSA) is 43.6 Å². The van der Waals surface area contributed by atoms with Crippen molar-refractivity contribution in [1.82, 2.24) is 20.0 Å². The molecule has 2 heterocycles. The lowest BCUT2D eigenvalue weighted by atomic mass is 10.4. The molecule has 2 aromatic heterocycles. The van der Waals surface area contributed by atoms with Crippen LogP contribution in [0.3, 0.4) is 0 Å². The molecule has 0 radical (unpaired) electrons. The van der Waals surface area contributed by atoms with Crippen molar-refractivity contribution in [2.45, 2.75) is 19.9 Å². The molecule has 0 aromatic carbocycles. The monoisotopic (exact) mass is 240 g/mol. The van der Waals surface area contributed by atoms with Crippen LogP contribution in [0.1, 0.15) is 19.9 Å². The van der Waals surface area contributed by atoms with Crippen molar-refractivity contribution in [1.29, 1.82) is 0 Å². The summed E-state index contributed by atoms with van der Waals surface area (Å²) in [6.45, 7) is 4.11. The van der Waals surface area contributed by atoms with Crippen LogP contribution in [0.5, 0.6) is 0 Å². The van der Waals surface area contributed by atoms with E-state index >= 15 is 0 Å². The number of fused-ring (bicyclic) bond motifs is 1. The van der Waals surface area contributed by atoms with Crippen LogP contribution in [0.4, 0.5) is 0 Å². The minimum atomic E-state index is 0.290. The van der Waals surface area contributed by atoms with Gasteiger partial charge in [-0.05, 0) is 35.8 Å². The predicted octanol–water partition coefficient (Wildman–Crippen LogP) is 2.17. The second-order valence-corrected chi connectivity index (χ2v) is 4.04. The van der Waals surface area contributed by atoms with Crippen molar-refractivity contribution >= 4 is 27.1 Å². The summed E-state index contributed by atoms with van der Waals surface area (Å²) < 4.78 is 2.73. The quantitative estimate of drug-likeness (QED) is 0.768. The maximum Gasteiger partial charge on any atom is 0.178 e. The smallest absolute Gasteiger partial charge is 0.178 e. The minimum absolute atomic E-state index is 0.290. The summed E-state index contributed by atoms with van der Waals surface area (Å²) in [6, 6.07) is 2.20. The van der Waals surface area contributed by atoms with Gasteiger partial charge in [0, 0.05) is 10.7 Å². The van der Waals surface area contributed by atoms with Gasteiger partial charge in [0.1, 0.15) is 5.52 Å². The lowest BCUT2D eigenvalue weighted by Gasteiger charge is -2.03. The van der Waals surface area contributed by atoms with E-state index in [0.717, 1.165) is 15.6 Å². The molecule has 0 aliphatic heterocycles. The Balaban J connectivity index is 2.69. The van der Waals surface area contributed by atoms with Gasteiger partial charge in [0.2, 0.25) is 0 Å². The van der Waals surface area contributed by atoms with E-state index in [4.69, 9.17) is 0 Å². The molecule has 4 nitrogen and oxygen atoms in total. The summed E-state index contributed by atoms with van der Waals surface area (Å²) in [5.41, 5.74) is 1.65. The van der Waals surface area contributed by atoms with Crippen LogP contribution in [0.25, 0.3) is 11.2 Å². The standard InChI is InChI=1S/C8H9BrN4/c1-5(2)13-8-7(11-12-13)3-6(9)4-10-8/h3-5H,1-2H3. The number of halogens is 1. The number of hydrogen-bond acceptors (Lipinski definition) is 3. The Morgan fingerprint density at radius 2 is 2.23 bits per heavy atom. The normalized spacial score (nSPS) is 11.4. The Morgan fingerprint density at radius 3 is 2.92 bits per heavy atom. The first-order chi connectivity index (χ1) is 6.18.